The monoisotopic (exact) mass is 230 g/mol. The lowest BCUT2D eigenvalue weighted by Gasteiger charge is -2.18. The zero-order valence-corrected chi connectivity index (χ0v) is 9.65. The van der Waals surface area contributed by atoms with E-state index in [0.717, 1.165) is 23.6 Å². The van der Waals surface area contributed by atoms with Crippen LogP contribution < -0.4 is 0 Å². The number of thiophene rings is 1. The molecule has 2 unspecified atom stereocenters. The van der Waals surface area contributed by atoms with Crippen LogP contribution in [0.25, 0.3) is 0 Å². The van der Waals surface area contributed by atoms with Gasteiger partial charge in [0.15, 0.2) is 0 Å². The summed E-state index contributed by atoms with van der Waals surface area (Å²) >= 11 is 7.52. The zero-order chi connectivity index (χ0) is 9.97. The van der Waals surface area contributed by atoms with Crippen LogP contribution in [0.4, 0.5) is 0 Å². The topological polar surface area (TPSA) is 20.2 Å². The fraction of sp³-hybridized carbons (Fsp3) is 0.636. The predicted molar refractivity (Wildman–Crippen MR) is 61.2 cm³/mol. The molecule has 14 heavy (non-hydrogen) atoms. The van der Waals surface area contributed by atoms with Crippen LogP contribution in [0.5, 0.6) is 0 Å². The van der Waals surface area contributed by atoms with Gasteiger partial charge in [0, 0.05) is 10.8 Å². The lowest BCUT2D eigenvalue weighted by molar-refractivity contribution is 0.136. The van der Waals surface area contributed by atoms with Crippen molar-refractivity contribution in [1.82, 2.24) is 0 Å². The highest BCUT2D eigenvalue weighted by molar-refractivity contribution is 7.16. The maximum atomic E-state index is 9.98. The van der Waals surface area contributed by atoms with Gasteiger partial charge in [-0.2, -0.15) is 0 Å². The number of rotatable bonds is 1. The molecule has 3 heteroatoms. The minimum absolute atomic E-state index is 0.160. The highest BCUT2D eigenvalue weighted by Crippen LogP contribution is 2.36. The summed E-state index contributed by atoms with van der Waals surface area (Å²) < 4.78 is 0.830. The molecule has 1 fully saturated rings. The van der Waals surface area contributed by atoms with E-state index in [-0.39, 0.29) is 6.10 Å². The molecule has 2 atom stereocenters. The van der Waals surface area contributed by atoms with Gasteiger partial charge in [-0.25, -0.2) is 0 Å². The van der Waals surface area contributed by atoms with Crippen LogP contribution in [-0.2, 0) is 0 Å². The minimum Gasteiger partial charge on any atom is -0.392 e. The average Bonchev–Trinajstić information content (AvgIpc) is 2.46. The minimum atomic E-state index is -0.160. The summed E-state index contributed by atoms with van der Waals surface area (Å²) in [5.74, 6) is 0.329. The van der Waals surface area contributed by atoms with Crippen molar-refractivity contribution in [3.05, 3.63) is 21.3 Å². The molecule has 1 N–H and O–H groups in total. The van der Waals surface area contributed by atoms with Crippen LogP contribution in [0.15, 0.2) is 12.1 Å². The van der Waals surface area contributed by atoms with Gasteiger partial charge in [0.1, 0.15) is 0 Å². The fourth-order valence-corrected chi connectivity index (χ4v) is 3.40. The van der Waals surface area contributed by atoms with Crippen molar-refractivity contribution in [1.29, 1.82) is 0 Å². The molecule has 78 valence electrons. The molecule has 1 aliphatic carbocycles. The van der Waals surface area contributed by atoms with E-state index in [4.69, 9.17) is 11.6 Å². The highest BCUT2D eigenvalue weighted by Gasteiger charge is 2.24. The SMILES string of the molecule is OC1CCCCCC1c1ccc(Cl)s1. The first-order valence-electron chi connectivity index (χ1n) is 5.20. The molecule has 1 saturated carbocycles. The third kappa shape index (κ3) is 2.30. The molecule has 0 radical (unpaired) electrons. The van der Waals surface area contributed by atoms with Crippen molar-refractivity contribution in [2.45, 2.75) is 44.1 Å². The van der Waals surface area contributed by atoms with Gasteiger partial charge in [0.2, 0.25) is 0 Å². The predicted octanol–water partition coefficient (Wildman–Crippen LogP) is 3.81. The summed E-state index contributed by atoms with van der Waals surface area (Å²) in [6, 6.07) is 3.99. The lowest BCUT2D eigenvalue weighted by Crippen LogP contribution is -2.15. The summed E-state index contributed by atoms with van der Waals surface area (Å²) in [7, 11) is 0. The Morgan fingerprint density at radius 1 is 1.21 bits per heavy atom. The Balaban J connectivity index is 2.14. The van der Waals surface area contributed by atoms with Crippen molar-refractivity contribution in [2.75, 3.05) is 0 Å². The van der Waals surface area contributed by atoms with Crippen molar-refractivity contribution in [3.8, 4) is 0 Å². The van der Waals surface area contributed by atoms with Crippen molar-refractivity contribution in [2.24, 2.45) is 0 Å². The van der Waals surface area contributed by atoms with Crippen LogP contribution in [-0.4, -0.2) is 11.2 Å². The van der Waals surface area contributed by atoms with E-state index in [1.54, 1.807) is 11.3 Å². The van der Waals surface area contributed by atoms with Crippen LogP contribution in [0, 0.1) is 0 Å². The Morgan fingerprint density at radius 3 is 2.71 bits per heavy atom. The molecule has 0 aliphatic heterocycles. The summed E-state index contributed by atoms with van der Waals surface area (Å²) in [6.07, 6.45) is 5.55. The number of aliphatic hydroxyl groups is 1. The van der Waals surface area contributed by atoms with E-state index < -0.39 is 0 Å². The number of aliphatic hydroxyl groups excluding tert-OH is 1. The van der Waals surface area contributed by atoms with Crippen LogP contribution in [0.1, 0.15) is 42.9 Å². The highest BCUT2D eigenvalue weighted by atomic mass is 35.5. The van der Waals surface area contributed by atoms with E-state index in [2.05, 4.69) is 6.07 Å². The Morgan fingerprint density at radius 2 is 2.00 bits per heavy atom. The second-order valence-electron chi connectivity index (χ2n) is 3.95. The molecule has 0 amide bonds. The van der Waals surface area contributed by atoms with Gasteiger partial charge in [-0.15, -0.1) is 11.3 Å². The molecular weight excluding hydrogens is 216 g/mol. The van der Waals surface area contributed by atoms with Gasteiger partial charge >= 0.3 is 0 Å². The summed E-state index contributed by atoms with van der Waals surface area (Å²) in [5.41, 5.74) is 0. The largest absolute Gasteiger partial charge is 0.392 e. The number of hydrogen-bond acceptors (Lipinski definition) is 2. The van der Waals surface area contributed by atoms with E-state index in [9.17, 15) is 5.11 Å². The first-order chi connectivity index (χ1) is 6.77. The maximum Gasteiger partial charge on any atom is 0.0931 e. The number of hydrogen-bond donors (Lipinski definition) is 1. The van der Waals surface area contributed by atoms with Crippen molar-refractivity contribution in [3.63, 3.8) is 0 Å². The molecule has 2 rings (SSSR count). The Labute approximate surface area is 93.7 Å². The molecule has 1 aromatic rings. The maximum absolute atomic E-state index is 9.98. The Bertz CT molecular complexity index is 297. The smallest absolute Gasteiger partial charge is 0.0931 e. The first kappa shape index (κ1) is 10.5. The van der Waals surface area contributed by atoms with Gasteiger partial charge in [-0.3, -0.25) is 0 Å². The third-order valence-corrected chi connectivity index (χ3v) is 4.30. The van der Waals surface area contributed by atoms with E-state index in [0.29, 0.717) is 5.92 Å². The summed E-state index contributed by atoms with van der Waals surface area (Å²) in [6.45, 7) is 0. The molecule has 0 spiro atoms. The molecule has 0 bridgehead atoms. The van der Waals surface area contributed by atoms with Crippen LogP contribution >= 0.6 is 22.9 Å². The van der Waals surface area contributed by atoms with E-state index in [1.165, 1.54) is 17.7 Å². The molecule has 1 aliphatic rings. The number of halogens is 1. The Kier molecular flexibility index (Phi) is 3.47. The van der Waals surface area contributed by atoms with Crippen molar-refractivity contribution < 1.29 is 5.11 Å². The van der Waals surface area contributed by atoms with Crippen LogP contribution in [0.2, 0.25) is 4.34 Å². The van der Waals surface area contributed by atoms with Gasteiger partial charge < -0.3 is 5.11 Å². The van der Waals surface area contributed by atoms with Gasteiger partial charge in [-0.05, 0) is 25.0 Å². The first-order valence-corrected chi connectivity index (χ1v) is 6.40. The molecule has 1 heterocycles. The summed E-state index contributed by atoms with van der Waals surface area (Å²) in [5, 5.41) is 9.98. The zero-order valence-electron chi connectivity index (χ0n) is 8.08. The van der Waals surface area contributed by atoms with Gasteiger partial charge in [-0.1, -0.05) is 30.9 Å². The third-order valence-electron chi connectivity index (χ3n) is 2.94. The molecule has 1 aromatic heterocycles. The lowest BCUT2D eigenvalue weighted by atomic mass is 9.96. The van der Waals surface area contributed by atoms with Crippen molar-refractivity contribution >= 4 is 22.9 Å². The summed E-state index contributed by atoms with van der Waals surface area (Å²) in [4.78, 5) is 1.25. The van der Waals surface area contributed by atoms with E-state index in [1.807, 2.05) is 6.07 Å². The fourth-order valence-electron chi connectivity index (χ4n) is 2.15. The van der Waals surface area contributed by atoms with Crippen LogP contribution in [0.3, 0.4) is 0 Å². The second-order valence-corrected chi connectivity index (χ2v) is 5.70. The molecule has 0 saturated heterocycles. The average molecular weight is 231 g/mol. The molecule has 0 aromatic carbocycles. The Hall–Kier alpha value is -0.0500. The molecular formula is C11H15ClOS. The molecule has 1 nitrogen and oxygen atoms in total. The quantitative estimate of drug-likeness (QED) is 0.728. The van der Waals surface area contributed by atoms with Gasteiger partial charge in [0.05, 0.1) is 10.4 Å². The van der Waals surface area contributed by atoms with Gasteiger partial charge in [0.25, 0.3) is 0 Å². The van der Waals surface area contributed by atoms with E-state index >= 15 is 0 Å². The normalized spacial score (nSPS) is 28.7. The second kappa shape index (κ2) is 4.65. The standard InChI is InChI=1S/C11H15ClOS/c12-11-7-6-10(14-11)8-4-2-1-3-5-9(8)13/h6-9,13H,1-5H2.